The number of esters is 1. The second kappa shape index (κ2) is 15.4. The highest BCUT2D eigenvalue weighted by Gasteiger charge is 2.75. The molecule has 272 valence electrons. The fourth-order valence-electron chi connectivity index (χ4n) is 8.36. The molecule has 11 heteroatoms. The zero-order chi connectivity index (χ0) is 36.4. The van der Waals surface area contributed by atoms with E-state index in [1.165, 1.54) is 4.90 Å². The van der Waals surface area contributed by atoms with Crippen LogP contribution in [0, 0.1) is 11.8 Å². The molecule has 3 amide bonds. The number of carbonyl (C=O) groups is 4. The maximum absolute atomic E-state index is 15.1. The average molecular weight is 763 g/mol. The van der Waals surface area contributed by atoms with Crippen molar-refractivity contribution in [2.75, 3.05) is 20.2 Å². The Balaban J connectivity index is 1.49. The normalized spacial score (nSPS) is 31.7. The molecule has 0 aromatic heterocycles. The molecule has 2 fully saturated rings. The van der Waals surface area contributed by atoms with Gasteiger partial charge in [0.1, 0.15) is 29.8 Å². The summed E-state index contributed by atoms with van der Waals surface area (Å²) in [5.41, 5.74) is 0.129. The SMILES string of the molecule is CCCC(C)N1C/C=C\CCC(=O)N(C)[C@H](C)[C@@H](c2ccccc2)OC(=O)[C@@H]2[C@H]3O[C@@]4(C=C3Br)[C@H](C1=O)N([C@@H](CO)Cc1ccccc1)C(=O)[C@@H]24. The van der Waals surface area contributed by atoms with Crippen molar-refractivity contribution in [3.63, 3.8) is 0 Å². The predicted molar refractivity (Wildman–Crippen MR) is 195 cm³/mol. The van der Waals surface area contributed by atoms with Crippen LogP contribution in [0.1, 0.15) is 63.7 Å². The van der Waals surface area contributed by atoms with Crippen molar-refractivity contribution in [3.8, 4) is 0 Å². The largest absolute Gasteiger partial charge is 0.455 e. The molecule has 6 rings (SSSR count). The third-order valence-electron chi connectivity index (χ3n) is 11.1. The molecule has 4 heterocycles. The summed E-state index contributed by atoms with van der Waals surface area (Å²) in [6.07, 6.45) is 6.49. The fraction of sp³-hybridized carbons (Fsp3) is 0.500. The first kappa shape index (κ1) is 37.0. The molecule has 4 aliphatic rings. The fourth-order valence-corrected chi connectivity index (χ4v) is 9.10. The number of carbonyl (C=O) groups excluding carboxylic acids is 4. The lowest BCUT2D eigenvalue weighted by atomic mass is 9.74. The Hall–Kier alpha value is -3.80. The Morgan fingerprint density at radius 2 is 1.67 bits per heavy atom. The van der Waals surface area contributed by atoms with Gasteiger partial charge in [-0.15, -0.1) is 0 Å². The molecular formula is C40H48BrN3O7. The topological polar surface area (TPSA) is 117 Å². The molecule has 1 unspecified atom stereocenters. The van der Waals surface area contributed by atoms with Crippen molar-refractivity contribution in [2.24, 2.45) is 11.8 Å². The highest BCUT2D eigenvalue weighted by atomic mass is 79.9. The number of allylic oxidation sites excluding steroid dienone is 1. The molecule has 2 aromatic carbocycles. The predicted octanol–water partition coefficient (Wildman–Crippen LogP) is 4.96. The van der Waals surface area contributed by atoms with E-state index < -0.39 is 66.3 Å². The molecule has 9 atom stereocenters. The number of aliphatic hydroxyl groups excluding tert-OH is 1. The Bertz CT molecular complexity index is 1670. The zero-order valence-corrected chi connectivity index (χ0v) is 31.3. The molecule has 1 N–H and O–H groups in total. The van der Waals surface area contributed by atoms with Crippen LogP contribution in [0.2, 0.25) is 0 Å². The Morgan fingerprint density at radius 1 is 0.980 bits per heavy atom. The molecule has 0 saturated carbocycles. The number of amides is 3. The molecule has 1 spiro atoms. The number of cyclic esters (lactones) is 1. The number of benzene rings is 2. The van der Waals surface area contributed by atoms with Crippen LogP contribution in [-0.2, 0) is 35.1 Å². The number of hydrogen-bond donors (Lipinski definition) is 1. The third kappa shape index (κ3) is 6.80. The minimum absolute atomic E-state index is 0.105. The highest BCUT2D eigenvalue weighted by molar-refractivity contribution is 9.11. The number of aliphatic hydroxyl groups is 1. The number of halogens is 1. The Morgan fingerprint density at radius 3 is 2.33 bits per heavy atom. The monoisotopic (exact) mass is 761 g/mol. The van der Waals surface area contributed by atoms with E-state index in [0.717, 1.165) is 18.4 Å². The molecule has 0 radical (unpaired) electrons. The summed E-state index contributed by atoms with van der Waals surface area (Å²) in [6, 6.07) is 16.2. The van der Waals surface area contributed by atoms with Crippen molar-refractivity contribution in [3.05, 3.63) is 94.5 Å². The van der Waals surface area contributed by atoms with Crippen LogP contribution in [-0.4, -0.2) is 99.6 Å². The number of likely N-dealkylation sites (N-methyl/N-ethyl adjacent to an activating group) is 1. The van der Waals surface area contributed by atoms with Gasteiger partial charge in [0.2, 0.25) is 17.7 Å². The number of nitrogens with zero attached hydrogens (tertiary/aromatic N) is 3. The highest BCUT2D eigenvalue weighted by Crippen LogP contribution is 2.59. The standard InChI is InChI=1S/C40H48BrN3O7/c1-5-15-25(2)43-21-14-8-13-20-31(46)42(4)26(3)34(28-18-11-7-12-19-28)50-39(49)32-33-37(47)44(29(24-45)22-27-16-9-6-10-17-27)36(38(43)48)40(33)23-30(41)35(32)51-40/h6-12,14,16-19,23,25-26,29,32-36,45H,5,13,15,20-22,24H2,1-4H3/b14-8-/t25?,26-,29-,32+,33-,34+,35+,36+,40-/m1/s1. The van der Waals surface area contributed by atoms with Gasteiger partial charge < -0.3 is 29.3 Å². The summed E-state index contributed by atoms with van der Waals surface area (Å²) < 4.78 is 13.7. The van der Waals surface area contributed by atoms with Crippen molar-refractivity contribution in [1.82, 2.24) is 14.7 Å². The quantitative estimate of drug-likeness (QED) is 0.299. The van der Waals surface area contributed by atoms with E-state index in [0.29, 0.717) is 22.9 Å². The van der Waals surface area contributed by atoms with E-state index in [1.54, 1.807) is 22.9 Å². The molecule has 51 heavy (non-hydrogen) atoms. The van der Waals surface area contributed by atoms with E-state index >= 15 is 4.79 Å². The molecule has 4 aliphatic heterocycles. The van der Waals surface area contributed by atoms with Gasteiger partial charge in [0, 0.05) is 30.5 Å². The zero-order valence-electron chi connectivity index (χ0n) is 29.7. The molecule has 0 aliphatic carbocycles. The Kier molecular flexibility index (Phi) is 11.2. The average Bonchev–Trinajstić information content (AvgIpc) is 3.73. The smallest absolute Gasteiger partial charge is 0.313 e. The minimum Gasteiger partial charge on any atom is -0.455 e. The second-order valence-corrected chi connectivity index (χ2v) is 15.2. The maximum atomic E-state index is 15.1. The van der Waals surface area contributed by atoms with Gasteiger partial charge in [-0.25, -0.2) is 0 Å². The summed E-state index contributed by atoms with van der Waals surface area (Å²) in [7, 11) is 1.71. The van der Waals surface area contributed by atoms with E-state index in [9.17, 15) is 19.5 Å². The van der Waals surface area contributed by atoms with Gasteiger partial charge in [0.15, 0.2) is 0 Å². The van der Waals surface area contributed by atoms with Gasteiger partial charge in [-0.3, -0.25) is 19.2 Å². The van der Waals surface area contributed by atoms with Crippen molar-refractivity contribution in [2.45, 2.75) is 94.9 Å². The lowest BCUT2D eigenvalue weighted by Gasteiger charge is -2.40. The summed E-state index contributed by atoms with van der Waals surface area (Å²) in [5.74, 6) is -3.65. The van der Waals surface area contributed by atoms with Crippen LogP contribution < -0.4 is 0 Å². The molecule has 5 bridgehead atoms. The first-order valence-corrected chi connectivity index (χ1v) is 18.8. The molecular weight excluding hydrogens is 714 g/mol. The van der Waals surface area contributed by atoms with Crippen LogP contribution in [0.15, 0.2) is 83.4 Å². The van der Waals surface area contributed by atoms with Crippen LogP contribution in [0.3, 0.4) is 0 Å². The van der Waals surface area contributed by atoms with Crippen molar-refractivity contribution < 1.29 is 33.8 Å². The van der Waals surface area contributed by atoms with Gasteiger partial charge in [-0.2, -0.15) is 0 Å². The Labute approximate surface area is 308 Å². The van der Waals surface area contributed by atoms with Gasteiger partial charge >= 0.3 is 5.97 Å². The first-order chi connectivity index (χ1) is 24.5. The maximum Gasteiger partial charge on any atom is 0.313 e. The summed E-state index contributed by atoms with van der Waals surface area (Å²) in [6.45, 7) is 5.76. The second-order valence-electron chi connectivity index (χ2n) is 14.3. The van der Waals surface area contributed by atoms with Crippen LogP contribution in [0.5, 0.6) is 0 Å². The van der Waals surface area contributed by atoms with Gasteiger partial charge in [-0.1, -0.05) is 102 Å². The summed E-state index contributed by atoms with van der Waals surface area (Å²) in [5, 5.41) is 10.9. The number of rotatable bonds is 8. The molecule has 2 aromatic rings. The van der Waals surface area contributed by atoms with E-state index in [-0.39, 0.29) is 30.8 Å². The molecule has 2 saturated heterocycles. The van der Waals surface area contributed by atoms with Gasteiger partial charge in [0.25, 0.3) is 0 Å². The summed E-state index contributed by atoms with van der Waals surface area (Å²) in [4.78, 5) is 63.0. The first-order valence-electron chi connectivity index (χ1n) is 18.0. The van der Waals surface area contributed by atoms with Gasteiger partial charge in [0.05, 0.1) is 24.6 Å². The van der Waals surface area contributed by atoms with Gasteiger partial charge in [-0.05, 0) is 50.3 Å². The van der Waals surface area contributed by atoms with E-state index in [1.807, 2.05) is 86.7 Å². The number of fused-ring (bicyclic) bond motifs is 2. The van der Waals surface area contributed by atoms with Crippen LogP contribution in [0.25, 0.3) is 0 Å². The number of hydrogen-bond acceptors (Lipinski definition) is 7. The van der Waals surface area contributed by atoms with E-state index in [2.05, 4.69) is 22.9 Å². The lowest BCUT2D eigenvalue weighted by molar-refractivity contribution is -0.164. The third-order valence-corrected chi connectivity index (χ3v) is 11.8. The van der Waals surface area contributed by atoms with Crippen molar-refractivity contribution in [1.29, 1.82) is 0 Å². The number of likely N-dealkylation sites (tertiary alicyclic amines) is 1. The van der Waals surface area contributed by atoms with Crippen molar-refractivity contribution >= 4 is 39.6 Å². The minimum atomic E-state index is -1.48. The molecule has 10 nitrogen and oxygen atoms in total. The van der Waals surface area contributed by atoms with Crippen LogP contribution in [0.4, 0.5) is 0 Å². The number of ether oxygens (including phenoxy) is 2. The van der Waals surface area contributed by atoms with E-state index in [4.69, 9.17) is 9.47 Å². The summed E-state index contributed by atoms with van der Waals surface area (Å²) >= 11 is 3.64. The van der Waals surface area contributed by atoms with Crippen LogP contribution >= 0.6 is 15.9 Å². The lowest BCUT2D eigenvalue weighted by Crippen LogP contribution is -2.60.